The third-order valence-electron chi connectivity index (χ3n) is 4.22. The van der Waals surface area contributed by atoms with E-state index in [0.29, 0.717) is 21.4 Å². The van der Waals surface area contributed by atoms with Gasteiger partial charge in [-0.25, -0.2) is 0 Å². The van der Waals surface area contributed by atoms with E-state index in [1.807, 2.05) is 32.0 Å². The molecule has 0 N–H and O–H groups in total. The number of hydrogen-bond donors (Lipinski definition) is 0. The average molecular weight is 390 g/mol. The van der Waals surface area contributed by atoms with Gasteiger partial charge in [-0.05, 0) is 47.5 Å². The normalized spacial score (nSPS) is 12.0. The number of halogens is 2. The first-order valence-electron chi connectivity index (χ1n) is 7.91. The SMILES string of the molecule is Cc1cccc(C)c1-n1nnnc1C(c1ccc(Cl)cc1Cl)N(C)C=O. The van der Waals surface area contributed by atoms with Crippen molar-refractivity contribution in [3.63, 3.8) is 0 Å². The Bertz CT molecular complexity index is 936. The summed E-state index contributed by atoms with van der Waals surface area (Å²) in [6, 6.07) is 10.5. The smallest absolute Gasteiger partial charge is 0.210 e. The lowest BCUT2D eigenvalue weighted by Gasteiger charge is -2.25. The van der Waals surface area contributed by atoms with Gasteiger partial charge in [-0.15, -0.1) is 5.10 Å². The summed E-state index contributed by atoms with van der Waals surface area (Å²) < 4.78 is 1.65. The zero-order chi connectivity index (χ0) is 18.8. The summed E-state index contributed by atoms with van der Waals surface area (Å²) in [6.45, 7) is 3.98. The lowest BCUT2D eigenvalue weighted by atomic mass is 10.0. The second-order valence-electron chi connectivity index (χ2n) is 6.03. The third kappa shape index (κ3) is 3.30. The van der Waals surface area contributed by atoms with Crippen molar-refractivity contribution in [1.29, 1.82) is 0 Å². The van der Waals surface area contributed by atoms with Gasteiger partial charge in [0, 0.05) is 22.7 Å². The molecule has 3 aromatic rings. The Hall–Kier alpha value is -2.44. The highest BCUT2D eigenvalue weighted by molar-refractivity contribution is 6.35. The van der Waals surface area contributed by atoms with Gasteiger partial charge in [0.25, 0.3) is 0 Å². The molecule has 26 heavy (non-hydrogen) atoms. The molecule has 3 rings (SSSR count). The Morgan fingerprint density at radius 3 is 2.46 bits per heavy atom. The number of carbonyl (C=O) groups is 1. The van der Waals surface area contributed by atoms with Crippen molar-refractivity contribution in [2.24, 2.45) is 0 Å². The molecule has 0 saturated heterocycles. The van der Waals surface area contributed by atoms with Crippen molar-refractivity contribution in [1.82, 2.24) is 25.1 Å². The first-order valence-corrected chi connectivity index (χ1v) is 8.66. The summed E-state index contributed by atoms with van der Waals surface area (Å²) in [6.07, 6.45) is 0.722. The van der Waals surface area contributed by atoms with Gasteiger partial charge in [-0.3, -0.25) is 4.79 Å². The first-order chi connectivity index (χ1) is 12.4. The standard InChI is InChI=1S/C18H17Cl2N5O/c1-11-5-4-6-12(2)16(11)25-18(21-22-23-25)17(24(3)10-26)14-8-7-13(19)9-15(14)20/h4-10,17H,1-3H3. The largest absolute Gasteiger partial charge is 0.334 e. The van der Waals surface area contributed by atoms with Crippen molar-refractivity contribution >= 4 is 29.6 Å². The molecule has 1 unspecified atom stereocenters. The molecule has 0 aliphatic rings. The monoisotopic (exact) mass is 389 g/mol. The molecule has 0 bridgehead atoms. The Kier molecular flexibility index (Phi) is 5.25. The van der Waals surface area contributed by atoms with Gasteiger partial charge >= 0.3 is 0 Å². The van der Waals surface area contributed by atoms with Crippen LogP contribution in [-0.4, -0.2) is 38.6 Å². The maximum absolute atomic E-state index is 11.6. The van der Waals surface area contributed by atoms with Gasteiger partial charge in [-0.2, -0.15) is 4.68 Å². The van der Waals surface area contributed by atoms with Gasteiger partial charge < -0.3 is 4.90 Å². The zero-order valence-corrected chi connectivity index (χ0v) is 16.0. The number of aryl methyl sites for hydroxylation is 2. The van der Waals surface area contributed by atoms with Crippen molar-refractivity contribution in [3.8, 4) is 5.69 Å². The lowest BCUT2D eigenvalue weighted by Crippen LogP contribution is -2.27. The summed E-state index contributed by atoms with van der Waals surface area (Å²) in [5.41, 5.74) is 3.61. The van der Waals surface area contributed by atoms with Gasteiger partial charge in [0.15, 0.2) is 5.82 Å². The predicted octanol–water partition coefficient (Wildman–Crippen LogP) is 3.76. The second kappa shape index (κ2) is 7.43. The first kappa shape index (κ1) is 18.4. The van der Waals surface area contributed by atoms with Crippen LogP contribution >= 0.6 is 23.2 Å². The van der Waals surface area contributed by atoms with E-state index in [1.54, 1.807) is 29.9 Å². The summed E-state index contributed by atoms with van der Waals surface area (Å²) >= 11 is 12.4. The summed E-state index contributed by atoms with van der Waals surface area (Å²) in [5, 5.41) is 13.1. The number of nitrogens with zero attached hydrogens (tertiary/aromatic N) is 5. The molecule has 0 aliphatic heterocycles. The molecular formula is C18H17Cl2N5O. The van der Waals surface area contributed by atoms with Gasteiger partial charge in [0.1, 0.15) is 6.04 Å². The maximum Gasteiger partial charge on any atom is 0.210 e. The van der Waals surface area contributed by atoms with Crippen LogP contribution in [0.3, 0.4) is 0 Å². The van der Waals surface area contributed by atoms with Crippen LogP contribution in [0.5, 0.6) is 0 Å². The molecule has 1 atom stereocenters. The van der Waals surface area contributed by atoms with E-state index in [2.05, 4.69) is 15.5 Å². The number of carbonyl (C=O) groups excluding carboxylic acids is 1. The molecule has 0 spiro atoms. The maximum atomic E-state index is 11.6. The van der Waals surface area contributed by atoms with Gasteiger partial charge in [0.2, 0.25) is 6.41 Å². The molecule has 1 aromatic heterocycles. The molecule has 6 nitrogen and oxygen atoms in total. The predicted molar refractivity (Wildman–Crippen MR) is 101 cm³/mol. The fourth-order valence-corrected chi connectivity index (χ4v) is 3.50. The van der Waals surface area contributed by atoms with Crippen LogP contribution in [0.15, 0.2) is 36.4 Å². The van der Waals surface area contributed by atoms with Crippen LogP contribution < -0.4 is 0 Å². The molecule has 1 heterocycles. The van der Waals surface area contributed by atoms with E-state index >= 15 is 0 Å². The van der Waals surface area contributed by atoms with Crippen LogP contribution in [0.1, 0.15) is 28.6 Å². The minimum Gasteiger partial charge on any atom is -0.334 e. The average Bonchev–Trinajstić information content (AvgIpc) is 3.05. The molecule has 2 aromatic carbocycles. The minimum absolute atomic E-state index is 0.437. The second-order valence-corrected chi connectivity index (χ2v) is 6.87. The van der Waals surface area contributed by atoms with Gasteiger partial charge in [0.05, 0.1) is 5.69 Å². The molecule has 0 fully saturated rings. The van der Waals surface area contributed by atoms with Crippen LogP contribution in [0.4, 0.5) is 0 Å². The number of hydrogen-bond acceptors (Lipinski definition) is 4. The molecule has 0 saturated carbocycles. The minimum atomic E-state index is -0.564. The Balaban J connectivity index is 2.22. The van der Waals surface area contributed by atoms with Crippen LogP contribution in [0.2, 0.25) is 10.0 Å². The third-order valence-corrected chi connectivity index (χ3v) is 4.78. The molecule has 0 aliphatic carbocycles. The molecule has 8 heteroatoms. The summed E-state index contributed by atoms with van der Waals surface area (Å²) in [4.78, 5) is 13.0. The number of tetrazole rings is 1. The van der Waals surface area contributed by atoms with Crippen molar-refractivity contribution in [3.05, 3.63) is 69.0 Å². The quantitative estimate of drug-likeness (QED) is 0.623. The highest BCUT2D eigenvalue weighted by atomic mass is 35.5. The van der Waals surface area contributed by atoms with Crippen molar-refractivity contribution in [2.45, 2.75) is 19.9 Å². The van der Waals surface area contributed by atoms with Crippen LogP contribution in [0.25, 0.3) is 5.69 Å². The highest BCUT2D eigenvalue weighted by Crippen LogP contribution is 2.34. The van der Waals surface area contributed by atoms with Crippen molar-refractivity contribution in [2.75, 3.05) is 7.05 Å². The lowest BCUT2D eigenvalue weighted by molar-refractivity contribution is -0.118. The number of benzene rings is 2. The Morgan fingerprint density at radius 1 is 1.15 bits per heavy atom. The van der Waals surface area contributed by atoms with Crippen LogP contribution in [-0.2, 0) is 4.79 Å². The molecule has 134 valence electrons. The number of rotatable bonds is 5. The van der Waals surface area contributed by atoms with Crippen LogP contribution in [0, 0.1) is 13.8 Å². The van der Waals surface area contributed by atoms with E-state index in [1.165, 1.54) is 4.90 Å². The zero-order valence-electron chi connectivity index (χ0n) is 14.5. The van der Waals surface area contributed by atoms with E-state index in [-0.39, 0.29) is 0 Å². The van der Waals surface area contributed by atoms with E-state index in [4.69, 9.17) is 23.2 Å². The topological polar surface area (TPSA) is 63.9 Å². The summed E-state index contributed by atoms with van der Waals surface area (Å²) in [5.74, 6) is 0.487. The van der Waals surface area contributed by atoms with E-state index < -0.39 is 6.04 Å². The van der Waals surface area contributed by atoms with E-state index in [0.717, 1.165) is 23.2 Å². The van der Waals surface area contributed by atoms with E-state index in [9.17, 15) is 4.79 Å². The Labute approximate surface area is 161 Å². The molecular weight excluding hydrogens is 373 g/mol. The highest BCUT2D eigenvalue weighted by Gasteiger charge is 2.28. The number of para-hydroxylation sites is 1. The molecule has 0 radical (unpaired) electrons. The fraction of sp³-hybridized carbons (Fsp3) is 0.222. The number of aromatic nitrogens is 4. The number of amides is 1. The van der Waals surface area contributed by atoms with Crippen molar-refractivity contribution < 1.29 is 4.79 Å². The molecule has 1 amide bonds. The summed E-state index contributed by atoms with van der Waals surface area (Å²) in [7, 11) is 1.66. The Morgan fingerprint density at radius 2 is 1.85 bits per heavy atom. The fourth-order valence-electron chi connectivity index (χ4n) is 2.99. The van der Waals surface area contributed by atoms with Gasteiger partial charge in [-0.1, -0.05) is 47.5 Å².